The third kappa shape index (κ3) is 4.06. The van der Waals surface area contributed by atoms with Gasteiger partial charge in [-0.25, -0.2) is 0 Å². The summed E-state index contributed by atoms with van der Waals surface area (Å²) in [7, 11) is 0. The Hall–Kier alpha value is -0.200. The summed E-state index contributed by atoms with van der Waals surface area (Å²) in [6.07, 6.45) is 6.54. The molecular weight excluding hydrogens is 438 g/mol. The van der Waals surface area contributed by atoms with E-state index in [1.807, 2.05) is 6.92 Å². The van der Waals surface area contributed by atoms with E-state index in [0.717, 1.165) is 64.5 Å². The van der Waals surface area contributed by atoms with E-state index in [9.17, 15) is 20.4 Å². The second-order valence-corrected chi connectivity index (χ2v) is 14.7. The molecule has 0 radical (unpaired) electrons. The lowest BCUT2D eigenvalue weighted by Gasteiger charge is -2.71. The van der Waals surface area contributed by atoms with Crippen LogP contribution in [0, 0.1) is 45.3 Å². The molecule has 4 fully saturated rings. The van der Waals surface area contributed by atoms with Crippen LogP contribution in [-0.4, -0.2) is 57.4 Å². The third-order valence-corrected chi connectivity index (χ3v) is 12.6. The topological polar surface area (TPSA) is 93.0 Å². The molecule has 4 saturated carbocycles. The van der Waals surface area contributed by atoms with Crippen molar-refractivity contribution in [3.8, 4) is 0 Å². The molecule has 0 amide bonds. The Kier molecular flexibility index (Phi) is 7.33. The van der Waals surface area contributed by atoms with Gasteiger partial charge < -0.3 is 25.7 Å². The summed E-state index contributed by atoms with van der Waals surface area (Å²) < 4.78 is 0. The molecule has 0 unspecified atom stereocenters. The van der Waals surface area contributed by atoms with Crippen molar-refractivity contribution in [2.75, 3.05) is 13.1 Å². The maximum Gasteiger partial charge on any atom is 0.0852 e. The van der Waals surface area contributed by atoms with Crippen LogP contribution in [0.15, 0.2) is 0 Å². The first kappa shape index (κ1) is 27.8. The summed E-state index contributed by atoms with van der Waals surface area (Å²) in [6, 6.07) is 0. The summed E-state index contributed by atoms with van der Waals surface area (Å²) in [4.78, 5) is 0. The van der Waals surface area contributed by atoms with Crippen LogP contribution >= 0.6 is 0 Å². The highest BCUT2D eigenvalue weighted by atomic mass is 16.3. The van der Waals surface area contributed by atoms with Gasteiger partial charge in [-0.05, 0) is 123 Å². The minimum atomic E-state index is -0.769. The molecule has 0 saturated heterocycles. The molecule has 11 atom stereocenters. The van der Waals surface area contributed by atoms with Crippen molar-refractivity contribution in [3.63, 3.8) is 0 Å². The van der Waals surface area contributed by atoms with Crippen molar-refractivity contribution in [2.24, 2.45) is 45.3 Å². The Labute approximate surface area is 214 Å². The Balaban J connectivity index is 1.61. The van der Waals surface area contributed by atoms with Crippen molar-refractivity contribution in [1.29, 1.82) is 0 Å². The lowest BCUT2D eigenvalue weighted by molar-refractivity contribution is -0.263. The van der Waals surface area contributed by atoms with Gasteiger partial charge >= 0.3 is 0 Å². The summed E-state index contributed by atoms with van der Waals surface area (Å²) in [5.41, 5.74) is -1.22. The smallest absolute Gasteiger partial charge is 0.0852 e. The zero-order chi connectivity index (χ0) is 26.0. The van der Waals surface area contributed by atoms with Crippen LogP contribution < -0.4 is 5.32 Å². The molecular formula is C30H55NO4. The van der Waals surface area contributed by atoms with E-state index >= 15 is 0 Å². The Morgan fingerprint density at radius 2 is 1.54 bits per heavy atom. The number of hydrogen-bond acceptors (Lipinski definition) is 5. The minimum absolute atomic E-state index is 0.0381. The summed E-state index contributed by atoms with van der Waals surface area (Å²) >= 11 is 0. The first-order chi connectivity index (χ1) is 16.2. The zero-order valence-electron chi connectivity index (χ0n) is 23.6. The lowest BCUT2D eigenvalue weighted by atomic mass is 9.35. The van der Waals surface area contributed by atoms with Gasteiger partial charge in [-0.2, -0.15) is 0 Å². The quantitative estimate of drug-likeness (QED) is 0.337. The summed E-state index contributed by atoms with van der Waals surface area (Å²) in [6.45, 7) is 17.6. The van der Waals surface area contributed by atoms with Crippen molar-refractivity contribution in [3.05, 3.63) is 0 Å². The average molecular weight is 494 g/mol. The number of fused-ring (bicyclic) bond motifs is 5. The molecule has 4 rings (SSSR count). The molecule has 0 aromatic rings. The monoisotopic (exact) mass is 493 g/mol. The van der Waals surface area contributed by atoms with E-state index < -0.39 is 23.9 Å². The largest absolute Gasteiger partial charge is 0.393 e. The van der Waals surface area contributed by atoms with Gasteiger partial charge in [0.1, 0.15) is 0 Å². The highest BCUT2D eigenvalue weighted by molar-refractivity contribution is 5.20. The molecule has 4 aliphatic rings. The fraction of sp³-hybridized carbons (Fsp3) is 1.00. The van der Waals surface area contributed by atoms with Gasteiger partial charge in [0, 0.05) is 0 Å². The SMILES string of the molecule is CCCNCCC[C@](C)(O)[C@H]1CC[C@]2(C)[C@@H]1[C@H](O)C[C@@H]1[C@@]3(C)C[C@@H](O)[C@H](O)C(C)(C)[C@@H]3CC[C@]12C. The molecule has 0 bridgehead atoms. The number of aliphatic hydroxyl groups is 4. The molecule has 0 aromatic heterocycles. The zero-order valence-corrected chi connectivity index (χ0v) is 23.6. The maximum absolute atomic E-state index is 11.8. The standard InChI is InChI=1S/C30H55NO4/c1-8-15-31-16-9-12-30(7,35)19-10-13-29(6)24(19)20(32)17-23-27(4)18-21(33)25(34)26(2,3)22(27)11-14-28(23,29)5/h19-25,31-35H,8-18H2,1-7H3/t19-,20+,21+,22-,23+,24-,25-,27-,28+,29+,30-/m0/s1. The maximum atomic E-state index is 11.8. The molecule has 0 aromatic carbocycles. The molecule has 0 spiro atoms. The molecule has 5 N–H and O–H groups in total. The fourth-order valence-electron chi connectivity index (χ4n) is 10.7. The Bertz CT molecular complexity index is 769. The van der Waals surface area contributed by atoms with Crippen molar-refractivity contribution in [2.45, 2.75) is 130 Å². The summed E-state index contributed by atoms with van der Waals surface area (Å²) in [5.74, 6) is 0.852. The first-order valence-corrected chi connectivity index (χ1v) is 14.6. The lowest BCUT2D eigenvalue weighted by Crippen LogP contribution is -2.68. The van der Waals surface area contributed by atoms with E-state index in [-0.39, 0.29) is 33.5 Å². The van der Waals surface area contributed by atoms with Gasteiger partial charge in [0.15, 0.2) is 0 Å². The number of aliphatic hydroxyl groups excluding tert-OH is 3. The predicted octanol–water partition coefficient (Wildman–Crippen LogP) is 4.50. The highest BCUT2D eigenvalue weighted by Crippen LogP contribution is 2.75. The third-order valence-electron chi connectivity index (χ3n) is 12.6. The predicted molar refractivity (Wildman–Crippen MR) is 141 cm³/mol. The van der Waals surface area contributed by atoms with Crippen LogP contribution in [0.3, 0.4) is 0 Å². The normalized spacial score (nSPS) is 50.7. The van der Waals surface area contributed by atoms with Crippen LogP contribution in [0.25, 0.3) is 0 Å². The Morgan fingerprint density at radius 1 is 0.886 bits per heavy atom. The van der Waals surface area contributed by atoms with Crippen LogP contribution in [0.5, 0.6) is 0 Å². The van der Waals surface area contributed by atoms with Crippen molar-refractivity contribution in [1.82, 2.24) is 5.32 Å². The van der Waals surface area contributed by atoms with E-state index in [2.05, 4.69) is 46.9 Å². The van der Waals surface area contributed by atoms with Gasteiger partial charge in [0.05, 0.1) is 23.9 Å². The second kappa shape index (κ2) is 9.22. The van der Waals surface area contributed by atoms with E-state index in [1.165, 1.54) is 0 Å². The van der Waals surface area contributed by atoms with E-state index in [1.54, 1.807) is 0 Å². The van der Waals surface area contributed by atoms with Crippen molar-refractivity contribution >= 4 is 0 Å². The average Bonchev–Trinajstić information content (AvgIpc) is 3.15. The van der Waals surface area contributed by atoms with Gasteiger partial charge in [0.25, 0.3) is 0 Å². The van der Waals surface area contributed by atoms with Crippen LogP contribution in [-0.2, 0) is 0 Å². The number of rotatable bonds is 7. The van der Waals surface area contributed by atoms with Gasteiger partial charge in [-0.15, -0.1) is 0 Å². The van der Waals surface area contributed by atoms with Crippen LogP contribution in [0.4, 0.5) is 0 Å². The van der Waals surface area contributed by atoms with Gasteiger partial charge in [0.2, 0.25) is 0 Å². The molecule has 204 valence electrons. The Morgan fingerprint density at radius 3 is 2.20 bits per heavy atom. The second-order valence-electron chi connectivity index (χ2n) is 14.7. The molecule has 5 heteroatoms. The number of hydrogen-bond donors (Lipinski definition) is 5. The summed E-state index contributed by atoms with van der Waals surface area (Å²) in [5, 5.41) is 48.8. The highest BCUT2D eigenvalue weighted by Gasteiger charge is 2.71. The van der Waals surface area contributed by atoms with E-state index in [4.69, 9.17) is 0 Å². The van der Waals surface area contributed by atoms with Crippen molar-refractivity contribution < 1.29 is 20.4 Å². The first-order valence-electron chi connectivity index (χ1n) is 14.6. The molecule has 0 aliphatic heterocycles. The van der Waals surface area contributed by atoms with Gasteiger partial charge in [-0.3, -0.25) is 0 Å². The molecule has 5 nitrogen and oxygen atoms in total. The fourth-order valence-corrected chi connectivity index (χ4v) is 10.7. The van der Waals surface area contributed by atoms with E-state index in [0.29, 0.717) is 18.3 Å². The molecule has 4 aliphatic carbocycles. The van der Waals surface area contributed by atoms with Crippen LogP contribution in [0.1, 0.15) is 106 Å². The molecule has 35 heavy (non-hydrogen) atoms. The van der Waals surface area contributed by atoms with Gasteiger partial charge in [-0.1, -0.05) is 41.5 Å². The van der Waals surface area contributed by atoms with Crippen LogP contribution in [0.2, 0.25) is 0 Å². The molecule has 0 heterocycles. The minimum Gasteiger partial charge on any atom is -0.393 e. The number of nitrogens with one attached hydrogen (secondary N) is 1.